The molecule has 0 unspecified atom stereocenters. The number of nitrogens with zero attached hydrogens (tertiary/aromatic N) is 3. The Labute approximate surface area is 138 Å². The fourth-order valence-corrected chi connectivity index (χ4v) is 4.65. The number of H-pyrrole nitrogens is 1. The lowest BCUT2D eigenvalue weighted by Gasteiger charge is -2.06. The molecule has 1 aliphatic rings. The molecule has 0 aromatic carbocycles. The van der Waals surface area contributed by atoms with E-state index >= 15 is 0 Å². The first kappa shape index (κ1) is 14.4. The molecule has 3 aromatic heterocycles. The number of aromatic amines is 1. The van der Waals surface area contributed by atoms with Crippen LogP contribution in [0, 0.1) is 13.8 Å². The van der Waals surface area contributed by atoms with Crippen molar-refractivity contribution >= 4 is 33.1 Å². The van der Waals surface area contributed by atoms with Gasteiger partial charge in [0.2, 0.25) is 0 Å². The Morgan fingerprint density at radius 3 is 2.96 bits per heavy atom. The highest BCUT2D eigenvalue weighted by Gasteiger charge is 2.21. The molecule has 0 spiro atoms. The summed E-state index contributed by atoms with van der Waals surface area (Å²) in [5, 5.41) is 5.73. The molecule has 0 amide bonds. The van der Waals surface area contributed by atoms with Crippen LogP contribution in [0.3, 0.4) is 0 Å². The lowest BCUT2D eigenvalue weighted by molar-refractivity contribution is 0.917. The molecule has 3 heterocycles. The lowest BCUT2D eigenvalue weighted by Crippen LogP contribution is -2.03. The van der Waals surface area contributed by atoms with Gasteiger partial charge < -0.3 is 4.98 Å². The van der Waals surface area contributed by atoms with Crippen LogP contribution in [0.1, 0.15) is 40.6 Å². The van der Waals surface area contributed by atoms with E-state index in [4.69, 9.17) is 0 Å². The second-order valence-electron chi connectivity index (χ2n) is 6.04. The smallest absolute Gasteiger partial charge is 0.158 e. The maximum atomic E-state index is 4.57. The number of rotatable bonds is 3. The molecule has 4 rings (SSSR count). The molecule has 0 radical (unpaired) electrons. The Morgan fingerprint density at radius 1 is 1.30 bits per heavy atom. The summed E-state index contributed by atoms with van der Waals surface area (Å²) in [4.78, 5) is 14.6. The van der Waals surface area contributed by atoms with E-state index in [0.29, 0.717) is 0 Å². The first-order valence-corrected chi connectivity index (χ1v) is 8.67. The van der Waals surface area contributed by atoms with Crippen molar-refractivity contribution in [1.82, 2.24) is 15.0 Å². The quantitative estimate of drug-likeness (QED) is 0.566. The molecule has 6 heteroatoms. The Bertz CT molecular complexity index is 899. The van der Waals surface area contributed by atoms with Crippen molar-refractivity contribution in [2.24, 2.45) is 5.10 Å². The van der Waals surface area contributed by atoms with Crippen LogP contribution in [-0.4, -0.2) is 20.7 Å². The minimum Gasteiger partial charge on any atom is -0.364 e. The zero-order valence-corrected chi connectivity index (χ0v) is 14.3. The third-order valence-corrected chi connectivity index (χ3v) is 5.67. The first-order chi connectivity index (χ1) is 11.1. The van der Waals surface area contributed by atoms with Crippen LogP contribution in [0.2, 0.25) is 0 Å². The second-order valence-corrected chi connectivity index (χ2v) is 7.12. The van der Waals surface area contributed by atoms with Crippen molar-refractivity contribution in [2.45, 2.75) is 40.0 Å². The molecule has 5 nitrogen and oxygen atoms in total. The van der Waals surface area contributed by atoms with Crippen LogP contribution in [0.25, 0.3) is 10.2 Å². The van der Waals surface area contributed by atoms with Crippen molar-refractivity contribution in [1.29, 1.82) is 0 Å². The van der Waals surface area contributed by atoms with Crippen molar-refractivity contribution in [3.05, 3.63) is 39.8 Å². The molecular formula is C17H19N5S. The van der Waals surface area contributed by atoms with E-state index in [1.54, 1.807) is 17.7 Å². The molecule has 2 N–H and O–H groups in total. The molecule has 0 bridgehead atoms. The molecule has 0 saturated carbocycles. The summed E-state index contributed by atoms with van der Waals surface area (Å²) in [6.45, 7) is 6.18. The maximum absolute atomic E-state index is 4.57. The number of hydrazone groups is 1. The van der Waals surface area contributed by atoms with E-state index in [0.717, 1.165) is 33.9 Å². The maximum Gasteiger partial charge on any atom is 0.158 e. The average Bonchev–Trinajstić information content (AvgIpc) is 3.19. The van der Waals surface area contributed by atoms with Gasteiger partial charge in [-0.15, -0.1) is 11.3 Å². The van der Waals surface area contributed by atoms with Crippen molar-refractivity contribution < 1.29 is 0 Å². The molecule has 118 valence electrons. The normalized spacial score (nSPS) is 14.5. The van der Waals surface area contributed by atoms with Gasteiger partial charge in [-0.1, -0.05) is 0 Å². The summed E-state index contributed by atoms with van der Waals surface area (Å²) in [6, 6.07) is 0. The number of hydrogen-bond donors (Lipinski definition) is 2. The van der Waals surface area contributed by atoms with Gasteiger partial charge in [0, 0.05) is 22.3 Å². The van der Waals surface area contributed by atoms with Crippen LogP contribution in [0.15, 0.2) is 17.6 Å². The Kier molecular flexibility index (Phi) is 3.41. The SMILES string of the molecule is C/C(=N\Nc1ncnc2sc3c(c12)CCC3)c1c(C)c[nH]c1C. The Balaban J connectivity index is 1.72. The number of hydrogen-bond acceptors (Lipinski definition) is 5. The summed E-state index contributed by atoms with van der Waals surface area (Å²) in [5.41, 5.74) is 9.05. The van der Waals surface area contributed by atoms with Crippen LogP contribution in [0.4, 0.5) is 5.82 Å². The van der Waals surface area contributed by atoms with E-state index in [1.807, 2.05) is 13.1 Å². The molecule has 0 saturated heterocycles. The minimum absolute atomic E-state index is 0.819. The topological polar surface area (TPSA) is 66.0 Å². The van der Waals surface area contributed by atoms with Crippen LogP contribution in [0.5, 0.6) is 0 Å². The number of thiophene rings is 1. The number of fused-ring (bicyclic) bond motifs is 3. The summed E-state index contributed by atoms with van der Waals surface area (Å²) in [5.74, 6) is 0.819. The lowest BCUT2D eigenvalue weighted by atomic mass is 10.1. The van der Waals surface area contributed by atoms with Gasteiger partial charge in [-0.05, 0) is 51.2 Å². The molecule has 23 heavy (non-hydrogen) atoms. The highest BCUT2D eigenvalue weighted by molar-refractivity contribution is 7.19. The minimum atomic E-state index is 0.819. The van der Waals surface area contributed by atoms with E-state index in [9.17, 15) is 0 Å². The molecule has 0 atom stereocenters. The van der Waals surface area contributed by atoms with E-state index in [2.05, 4.69) is 39.3 Å². The van der Waals surface area contributed by atoms with E-state index in [-0.39, 0.29) is 0 Å². The first-order valence-electron chi connectivity index (χ1n) is 7.85. The van der Waals surface area contributed by atoms with Gasteiger partial charge in [0.25, 0.3) is 0 Å². The van der Waals surface area contributed by atoms with Crippen molar-refractivity contribution in [3.63, 3.8) is 0 Å². The standard InChI is InChI=1S/C17H19N5S/c1-9-7-18-10(2)14(9)11(3)21-22-16-15-12-5-4-6-13(12)23-17(15)20-8-19-16/h7-8,18H,4-6H2,1-3H3,(H,19,20,22)/b21-11+. The predicted molar refractivity (Wildman–Crippen MR) is 95.5 cm³/mol. The molecule has 3 aromatic rings. The summed E-state index contributed by atoms with van der Waals surface area (Å²) >= 11 is 1.79. The van der Waals surface area contributed by atoms with Crippen molar-refractivity contribution in [3.8, 4) is 0 Å². The van der Waals surface area contributed by atoms with Gasteiger partial charge in [-0.2, -0.15) is 5.10 Å². The summed E-state index contributed by atoms with van der Waals surface area (Å²) < 4.78 is 0. The summed E-state index contributed by atoms with van der Waals surface area (Å²) in [6.07, 6.45) is 7.15. The van der Waals surface area contributed by atoms with Crippen LogP contribution >= 0.6 is 11.3 Å². The van der Waals surface area contributed by atoms with Crippen LogP contribution in [-0.2, 0) is 12.8 Å². The van der Waals surface area contributed by atoms with Crippen LogP contribution < -0.4 is 5.43 Å². The van der Waals surface area contributed by atoms with E-state index in [1.165, 1.54) is 34.4 Å². The van der Waals surface area contributed by atoms with Gasteiger partial charge in [-0.3, -0.25) is 5.43 Å². The Morgan fingerprint density at radius 2 is 2.17 bits per heavy atom. The number of aryl methyl sites for hydroxylation is 4. The second kappa shape index (κ2) is 5.45. The third-order valence-electron chi connectivity index (χ3n) is 4.47. The zero-order chi connectivity index (χ0) is 16.0. The third kappa shape index (κ3) is 2.34. The van der Waals surface area contributed by atoms with Gasteiger partial charge in [0.1, 0.15) is 11.2 Å². The highest BCUT2D eigenvalue weighted by Crippen LogP contribution is 2.39. The summed E-state index contributed by atoms with van der Waals surface area (Å²) in [7, 11) is 0. The largest absolute Gasteiger partial charge is 0.364 e. The number of anilines is 1. The molecule has 0 aliphatic heterocycles. The monoisotopic (exact) mass is 325 g/mol. The Hall–Kier alpha value is -2.21. The molecular weight excluding hydrogens is 306 g/mol. The fourth-order valence-electron chi connectivity index (χ4n) is 3.42. The van der Waals surface area contributed by atoms with Gasteiger partial charge >= 0.3 is 0 Å². The van der Waals surface area contributed by atoms with E-state index < -0.39 is 0 Å². The average molecular weight is 325 g/mol. The number of nitrogens with one attached hydrogen (secondary N) is 2. The van der Waals surface area contributed by atoms with Gasteiger partial charge in [0.05, 0.1) is 11.1 Å². The zero-order valence-electron chi connectivity index (χ0n) is 13.5. The fraction of sp³-hybridized carbons (Fsp3) is 0.353. The predicted octanol–water partition coefficient (Wildman–Crippen LogP) is 3.96. The molecule has 1 aliphatic carbocycles. The van der Waals surface area contributed by atoms with Crippen molar-refractivity contribution in [2.75, 3.05) is 5.43 Å². The highest BCUT2D eigenvalue weighted by atomic mass is 32.1. The van der Waals surface area contributed by atoms with Gasteiger partial charge in [-0.25, -0.2) is 9.97 Å². The number of aromatic nitrogens is 3. The molecule has 0 fully saturated rings. The van der Waals surface area contributed by atoms with Gasteiger partial charge in [0.15, 0.2) is 5.82 Å².